The lowest BCUT2D eigenvalue weighted by atomic mass is 9.48. The molecule has 3 fully saturated rings. The molecule has 8 atom stereocenters. The second-order valence-corrected chi connectivity index (χ2v) is 9.68. The van der Waals surface area contributed by atoms with Gasteiger partial charge in [0.25, 0.3) is 0 Å². The topological polar surface area (TPSA) is 37.3 Å². The van der Waals surface area contributed by atoms with E-state index in [2.05, 4.69) is 20.4 Å². The average Bonchev–Trinajstić information content (AvgIpc) is 2.91. The molecular weight excluding hydrogens is 308 g/mol. The fraction of sp³-hybridized carbons (Fsp3) is 0.783. The molecule has 2 nitrogen and oxygen atoms in total. The monoisotopic (exact) mass is 342 g/mol. The molecule has 25 heavy (non-hydrogen) atoms. The van der Waals surface area contributed by atoms with Crippen LogP contribution in [0.25, 0.3) is 0 Å². The van der Waals surface area contributed by atoms with Gasteiger partial charge >= 0.3 is 0 Å². The minimum absolute atomic E-state index is 0.217. The number of rotatable bonds is 3. The van der Waals surface area contributed by atoms with Crippen LogP contribution in [0.15, 0.2) is 24.3 Å². The Balaban J connectivity index is 1.61. The van der Waals surface area contributed by atoms with Crippen LogP contribution in [0.1, 0.15) is 65.2 Å². The Morgan fingerprint density at radius 3 is 2.92 bits per heavy atom. The van der Waals surface area contributed by atoms with Crippen molar-refractivity contribution in [3.05, 3.63) is 24.3 Å². The molecule has 2 heteroatoms. The van der Waals surface area contributed by atoms with Crippen LogP contribution in [0.4, 0.5) is 0 Å². The van der Waals surface area contributed by atoms with Gasteiger partial charge in [-0.05, 0) is 91.9 Å². The number of ketones is 1. The second kappa shape index (κ2) is 6.37. The summed E-state index contributed by atoms with van der Waals surface area (Å²) in [4.78, 5) is 11.9. The predicted octanol–water partition coefficient (Wildman–Crippen LogP) is 4.93. The molecule has 0 aromatic carbocycles. The van der Waals surface area contributed by atoms with Gasteiger partial charge in [-0.1, -0.05) is 25.5 Å². The van der Waals surface area contributed by atoms with Crippen LogP contribution in [-0.2, 0) is 4.79 Å². The number of carbonyl (C=O) groups excluding carboxylic acids is 1. The molecule has 0 spiro atoms. The van der Waals surface area contributed by atoms with Crippen LogP contribution in [0, 0.1) is 40.9 Å². The van der Waals surface area contributed by atoms with Gasteiger partial charge in [-0.3, -0.25) is 4.79 Å². The Bertz CT molecular complexity index is 591. The molecule has 4 aliphatic rings. The first-order valence-corrected chi connectivity index (χ1v) is 10.5. The Morgan fingerprint density at radius 2 is 2.16 bits per heavy atom. The lowest BCUT2D eigenvalue weighted by Crippen LogP contribution is -2.50. The summed E-state index contributed by atoms with van der Waals surface area (Å²) in [7, 11) is 0. The molecule has 4 rings (SSSR count). The van der Waals surface area contributed by atoms with Gasteiger partial charge < -0.3 is 5.11 Å². The van der Waals surface area contributed by atoms with E-state index < -0.39 is 0 Å². The zero-order valence-electron chi connectivity index (χ0n) is 15.9. The van der Waals surface area contributed by atoms with Gasteiger partial charge in [0.2, 0.25) is 0 Å². The molecule has 3 saturated carbocycles. The van der Waals surface area contributed by atoms with E-state index in [1.54, 1.807) is 0 Å². The van der Waals surface area contributed by atoms with Crippen molar-refractivity contribution in [3.8, 4) is 0 Å². The third kappa shape index (κ3) is 2.67. The summed E-state index contributed by atoms with van der Waals surface area (Å²) in [5, 5.41) is 10.7. The first-order chi connectivity index (χ1) is 12.0. The van der Waals surface area contributed by atoms with Gasteiger partial charge in [-0.2, -0.15) is 0 Å². The highest BCUT2D eigenvalue weighted by Crippen LogP contribution is 2.65. The maximum atomic E-state index is 11.9. The summed E-state index contributed by atoms with van der Waals surface area (Å²) < 4.78 is 0. The summed E-state index contributed by atoms with van der Waals surface area (Å²) in [5.41, 5.74) is 1.76. The van der Waals surface area contributed by atoms with E-state index in [9.17, 15) is 9.90 Å². The third-order valence-corrected chi connectivity index (χ3v) is 8.59. The fourth-order valence-corrected chi connectivity index (χ4v) is 7.60. The van der Waals surface area contributed by atoms with E-state index in [-0.39, 0.29) is 6.10 Å². The van der Waals surface area contributed by atoms with Crippen molar-refractivity contribution >= 4 is 5.78 Å². The SMILES string of the molecule is C=CC[C@@H](O)[C@H]1CC[C@@H]2[C@H]3[C@H](CC[C@@]21C)[C@H]1CCC(=O)C=C1C[C@H]3C. The lowest BCUT2D eigenvalue weighted by molar-refractivity contribution is -0.116. The summed E-state index contributed by atoms with van der Waals surface area (Å²) in [6, 6.07) is 0. The molecule has 4 aliphatic carbocycles. The summed E-state index contributed by atoms with van der Waals surface area (Å²) >= 11 is 0. The van der Waals surface area contributed by atoms with Gasteiger partial charge in [-0.15, -0.1) is 6.58 Å². The third-order valence-electron chi connectivity index (χ3n) is 8.59. The molecule has 0 unspecified atom stereocenters. The Kier molecular flexibility index (Phi) is 4.46. The number of aliphatic hydroxyl groups is 1. The van der Waals surface area contributed by atoms with Crippen molar-refractivity contribution in [2.45, 2.75) is 71.3 Å². The zero-order valence-corrected chi connectivity index (χ0v) is 15.9. The zero-order chi connectivity index (χ0) is 17.8. The highest BCUT2D eigenvalue weighted by molar-refractivity contribution is 5.91. The van der Waals surface area contributed by atoms with Crippen LogP contribution < -0.4 is 0 Å². The lowest BCUT2D eigenvalue weighted by Gasteiger charge is -2.56. The number of allylic oxidation sites excluding steroid dienone is 1. The molecule has 0 bridgehead atoms. The van der Waals surface area contributed by atoms with Crippen molar-refractivity contribution in [2.24, 2.45) is 40.9 Å². The van der Waals surface area contributed by atoms with E-state index in [4.69, 9.17) is 0 Å². The molecule has 0 aliphatic heterocycles. The summed E-state index contributed by atoms with van der Waals surface area (Å²) in [5.74, 6) is 4.45. The Morgan fingerprint density at radius 1 is 1.36 bits per heavy atom. The smallest absolute Gasteiger partial charge is 0.155 e. The largest absolute Gasteiger partial charge is 0.392 e. The normalized spacial score (nSPS) is 47.3. The molecule has 1 N–H and O–H groups in total. The first-order valence-electron chi connectivity index (χ1n) is 10.5. The summed E-state index contributed by atoms with van der Waals surface area (Å²) in [6.07, 6.45) is 12.4. The van der Waals surface area contributed by atoms with Crippen LogP contribution in [0.3, 0.4) is 0 Å². The number of hydrogen-bond acceptors (Lipinski definition) is 2. The van der Waals surface area contributed by atoms with Crippen molar-refractivity contribution < 1.29 is 9.90 Å². The van der Waals surface area contributed by atoms with Crippen LogP contribution in [0.5, 0.6) is 0 Å². The minimum Gasteiger partial charge on any atom is -0.392 e. The number of carbonyl (C=O) groups is 1. The molecule has 0 radical (unpaired) electrons. The van der Waals surface area contributed by atoms with E-state index in [1.807, 2.05) is 12.2 Å². The highest BCUT2D eigenvalue weighted by Gasteiger charge is 2.58. The molecule has 0 amide bonds. The maximum Gasteiger partial charge on any atom is 0.155 e. The van der Waals surface area contributed by atoms with Crippen molar-refractivity contribution in [2.75, 3.05) is 0 Å². The van der Waals surface area contributed by atoms with E-state index in [0.717, 1.165) is 43.4 Å². The van der Waals surface area contributed by atoms with E-state index in [1.165, 1.54) is 31.3 Å². The van der Waals surface area contributed by atoms with Crippen molar-refractivity contribution in [1.29, 1.82) is 0 Å². The van der Waals surface area contributed by atoms with Crippen molar-refractivity contribution in [1.82, 2.24) is 0 Å². The van der Waals surface area contributed by atoms with Gasteiger partial charge in [0, 0.05) is 6.42 Å². The van der Waals surface area contributed by atoms with Crippen molar-refractivity contribution in [3.63, 3.8) is 0 Å². The van der Waals surface area contributed by atoms with Crippen LogP contribution in [0.2, 0.25) is 0 Å². The Hall–Kier alpha value is -0.890. The summed E-state index contributed by atoms with van der Waals surface area (Å²) in [6.45, 7) is 8.73. The first kappa shape index (κ1) is 17.5. The van der Waals surface area contributed by atoms with Crippen LogP contribution >= 0.6 is 0 Å². The molecule has 0 aromatic heterocycles. The van der Waals surface area contributed by atoms with Gasteiger partial charge in [0.1, 0.15) is 0 Å². The molecule has 0 aromatic rings. The maximum absolute atomic E-state index is 11.9. The minimum atomic E-state index is -0.217. The standard InChI is InChI=1S/C23H34O2/c1-4-5-21(25)19-8-9-20-22-14(2)12-15-13-16(24)6-7-17(15)18(22)10-11-23(19,20)3/h4,13-14,17-22,25H,1,5-12H2,2-3H3/t14-,17+,18-,19-,20-,21-,22-,23-/m1/s1. The van der Waals surface area contributed by atoms with Crippen LogP contribution in [-0.4, -0.2) is 17.0 Å². The Labute approximate surface area is 152 Å². The van der Waals surface area contributed by atoms with E-state index >= 15 is 0 Å². The molecule has 138 valence electrons. The van der Waals surface area contributed by atoms with Gasteiger partial charge in [-0.25, -0.2) is 0 Å². The highest BCUT2D eigenvalue weighted by atomic mass is 16.3. The molecular formula is C23H34O2. The van der Waals surface area contributed by atoms with Gasteiger partial charge in [0.05, 0.1) is 6.10 Å². The quantitative estimate of drug-likeness (QED) is 0.739. The molecule has 0 heterocycles. The molecule has 0 saturated heterocycles. The predicted molar refractivity (Wildman–Crippen MR) is 101 cm³/mol. The number of fused-ring (bicyclic) bond motifs is 5. The van der Waals surface area contributed by atoms with E-state index in [0.29, 0.717) is 29.0 Å². The average molecular weight is 343 g/mol. The number of aliphatic hydroxyl groups excluding tert-OH is 1. The second-order valence-electron chi connectivity index (χ2n) is 9.68. The number of hydrogen-bond donors (Lipinski definition) is 1. The van der Waals surface area contributed by atoms with Gasteiger partial charge in [0.15, 0.2) is 5.78 Å². The fourth-order valence-electron chi connectivity index (χ4n) is 7.60.